The third kappa shape index (κ3) is 4.04. The fourth-order valence-corrected chi connectivity index (χ4v) is 6.12. The second-order valence-corrected chi connectivity index (χ2v) is 10.2. The Morgan fingerprint density at radius 3 is 2.67 bits per heavy atom. The molecule has 0 saturated carbocycles. The van der Waals surface area contributed by atoms with Crippen LogP contribution < -0.4 is 5.32 Å². The molecule has 3 aromatic rings. The average molecular weight is 447 g/mol. The fourth-order valence-electron chi connectivity index (χ4n) is 4.16. The second kappa shape index (κ2) is 8.53. The Hall–Kier alpha value is -2.15. The monoisotopic (exact) mass is 446 g/mol. The molecule has 1 aliphatic rings. The Balaban J connectivity index is 1.80. The molecule has 0 aliphatic carbocycles. The highest BCUT2D eigenvalue weighted by molar-refractivity contribution is 7.92. The van der Waals surface area contributed by atoms with Crippen molar-refractivity contribution >= 4 is 32.3 Å². The summed E-state index contributed by atoms with van der Waals surface area (Å²) in [5.41, 5.74) is 1.27. The zero-order chi connectivity index (χ0) is 21.3. The van der Waals surface area contributed by atoms with Gasteiger partial charge in [0.15, 0.2) is 9.84 Å². The number of benzene rings is 2. The number of aromatic nitrogens is 1. The van der Waals surface area contributed by atoms with Crippen LogP contribution in [0.15, 0.2) is 66.2 Å². The smallest absolute Gasteiger partial charge is 0.191 e. The molecule has 7 heteroatoms. The third-order valence-electron chi connectivity index (χ3n) is 5.69. The number of halogens is 2. The number of nitrogens with zero attached hydrogens (tertiary/aromatic N) is 1. The van der Waals surface area contributed by atoms with Crippen LogP contribution in [-0.2, 0) is 16.4 Å². The molecule has 4 rings (SSSR count). The van der Waals surface area contributed by atoms with Crippen molar-refractivity contribution in [1.29, 1.82) is 0 Å². The van der Waals surface area contributed by atoms with Gasteiger partial charge in [-0.3, -0.25) is 0 Å². The molecule has 1 aromatic heterocycles. The summed E-state index contributed by atoms with van der Waals surface area (Å²) in [4.78, 5) is 0.235. The molecule has 0 amide bonds. The number of sulfone groups is 1. The largest absolute Gasteiger partial charge is 0.345 e. The molecule has 0 radical (unpaired) electrons. The van der Waals surface area contributed by atoms with E-state index in [1.165, 1.54) is 30.3 Å². The minimum absolute atomic E-state index is 0.235. The molecule has 0 spiro atoms. The summed E-state index contributed by atoms with van der Waals surface area (Å²) < 4.78 is 42.6. The quantitative estimate of drug-likeness (QED) is 0.524. The van der Waals surface area contributed by atoms with Crippen LogP contribution >= 0.6 is 11.6 Å². The average Bonchev–Trinajstić information content (AvgIpc) is 3.09. The molecule has 2 unspecified atom stereocenters. The molecule has 0 bridgehead atoms. The maximum atomic E-state index is 13.6. The van der Waals surface area contributed by atoms with E-state index in [-0.39, 0.29) is 10.9 Å². The van der Waals surface area contributed by atoms with Crippen LogP contribution in [-0.4, -0.2) is 25.6 Å². The number of piperidine rings is 1. The van der Waals surface area contributed by atoms with Crippen molar-refractivity contribution in [3.8, 4) is 0 Å². The van der Waals surface area contributed by atoms with Crippen LogP contribution in [0.25, 0.3) is 10.9 Å². The Labute approximate surface area is 181 Å². The van der Waals surface area contributed by atoms with Crippen LogP contribution in [0.4, 0.5) is 4.39 Å². The van der Waals surface area contributed by atoms with Crippen LogP contribution in [0.2, 0.25) is 5.02 Å². The molecule has 30 heavy (non-hydrogen) atoms. The predicted molar refractivity (Wildman–Crippen MR) is 119 cm³/mol. The number of hydrogen-bond donors (Lipinski definition) is 1. The highest BCUT2D eigenvalue weighted by Crippen LogP contribution is 2.36. The predicted octanol–water partition coefficient (Wildman–Crippen LogP) is 5.28. The van der Waals surface area contributed by atoms with Crippen molar-refractivity contribution in [2.45, 2.75) is 42.0 Å². The first kappa shape index (κ1) is 21.1. The molecule has 2 atom stereocenters. The summed E-state index contributed by atoms with van der Waals surface area (Å²) in [7, 11) is -3.80. The van der Waals surface area contributed by atoms with E-state index in [1.54, 1.807) is 24.4 Å². The minimum Gasteiger partial charge on any atom is -0.345 e. The lowest BCUT2D eigenvalue weighted by Gasteiger charge is -2.24. The first-order valence-corrected chi connectivity index (χ1v) is 12.0. The van der Waals surface area contributed by atoms with E-state index < -0.39 is 20.9 Å². The number of hydrogen-bond acceptors (Lipinski definition) is 3. The van der Waals surface area contributed by atoms with Crippen LogP contribution in [0.5, 0.6) is 0 Å². The maximum absolute atomic E-state index is 13.6. The fraction of sp³-hybridized carbons (Fsp3) is 0.304. The van der Waals surface area contributed by atoms with E-state index in [1.807, 2.05) is 4.57 Å². The van der Waals surface area contributed by atoms with E-state index in [9.17, 15) is 12.8 Å². The molecule has 1 fully saturated rings. The van der Waals surface area contributed by atoms with Crippen LogP contribution in [0.3, 0.4) is 0 Å². The van der Waals surface area contributed by atoms with Gasteiger partial charge in [-0.2, -0.15) is 0 Å². The normalized spacial score (nSPS) is 18.4. The molecule has 1 N–H and O–H groups in total. The van der Waals surface area contributed by atoms with Crippen LogP contribution in [0.1, 0.15) is 30.1 Å². The Kier molecular flexibility index (Phi) is 6.00. The highest BCUT2D eigenvalue weighted by Gasteiger charge is 2.30. The Bertz CT molecular complexity index is 1170. The van der Waals surface area contributed by atoms with Gasteiger partial charge in [-0.15, -0.1) is 6.58 Å². The van der Waals surface area contributed by atoms with Gasteiger partial charge in [0, 0.05) is 29.2 Å². The molecule has 158 valence electrons. The highest BCUT2D eigenvalue weighted by atomic mass is 35.5. The van der Waals surface area contributed by atoms with Gasteiger partial charge < -0.3 is 9.88 Å². The van der Waals surface area contributed by atoms with E-state index in [4.69, 9.17) is 11.6 Å². The van der Waals surface area contributed by atoms with Crippen LogP contribution in [0, 0.1) is 5.82 Å². The molecular formula is C23H24ClFN2O2S. The minimum atomic E-state index is -3.80. The Morgan fingerprint density at radius 1 is 1.23 bits per heavy atom. The first-order valence-electron chi connectivity index (χ1n) is 10.0. The van der Waals surface area contributed by atoms with Crippen molar-refractivity contribution in [3.05, 3.63) is 77.7 Å². The molecule has 2 heterocycles. The van der Waals surface area contributed by atoms with Gasteiger partial charge in [0.25, 0.3) is 0 Å². The van der Waals surface area contributed by atoms with E-state index in [0.29, 0.717) is 22.5 Å². The maximum Gasteiger partial charge on any atom is 0.191 e. The summed E-state index contributed by atoms with van der Waals surface area (Å²) in [5.74, 6) is -0.412. The zero-order valence-corrected chi connectivity index (χ0v) is 18.1. The standard InChI is InChI=1S/C23H24ClFN2O2S/c1-2-22(16-6-9-18(25)10-7-16)30(28,29)23-15-27(14-19-5-3-4-12-26-19)21-13-17(24)8-11-20(21)23/h2,6-11,13,15,19,22,26H,1,3-5,12,14H2. The van der Waals surface area contributed by atoms with E-state index >= 15 is 0 Å². The Morgan fingerprint density at radius 2 is 2.00 bits per heavy atom. The van der Waals surface area contributed by atoms with Crippen molar-refractivity contribution in [2.75, 3.05) is 6.54 Å². The molecule has 1 aliphatic heterocycles. The molecule has 2 aromatic carbocycles. The summed E-state index contributed by atoms with van der Waals surface area (Å²) in [6.45, 7) is 5.37. The number of fused-ring (bicyclic) bond motifs is 1. The summed E-state index contributed by atoms with van der Waals surface area (Å²) in [6.07, 6.45) is 6.46. The van der Waals surface area contributed by atoms with Gasteiger partial charge in [0.2, 0.25) is 0 Å². The molecule has 4 nitrogen and oxygen atoms in total. The van der Waals surface area contributed by atoms with Gasteiger partial charge in [-0.25, -0.2) is 12.8 Å². The van der Waals surface area contributed by atoms with Crippen molar-refractivity contribution in [1.82, 2.24) is 9.88 Å². The number of rotatable bonds is 6. The summed E-state index contributed by atoms with van der Waals surface area (Å²) >= 11 is 6.23. The SMILES string of the molecule is C=CC(c1ccc(F)cc1)S(=O)(=O)c1cn(CC2CCCCN2)c2cc(Cl)ccc12. The van der Waals surface area contributed by atoms with Crippen molar-refractivity contribution in [3.63, 3.8) is 0 Å². The van der Waals surface area contributed by atoms with Gasteiger partial charge in [-0.05, 0) is 49.2 Å². The molecular weight excluding hydrogens is 423 g/mol. The van der Waals surface area contributed by atoms with E-state index in [0.717, 1.165) is 31.3 Å². The van der Waals surface area contributed by atoms with Gasteiger partial charge in [0.05, 0.1) is 10.4 Å². The van der Waals surface area contributed by atoms with E-state index in [2.05, 4.69) is 11.9 Å². The van der Waals surface area contributed by atoms with Gasteiger partial charge in [0.1, 0.15) is 11.1 Å². The lowest BCUT2D eigenvalue weighted by atomic mass is 10.1. The molecule has 1 saturated heterocycles. The van der Waals surface area contributed by atoms with Crippen molar-refractivity contribution in [2.24, 2.45) is 0 Å². The first-order chi connectivity index (χ1) is 14.4. The summed E-state index contributed by atoms with van der Waals surface area (Å²) in [5, 5.41) is 3.72. The zero-order valence-electron chi connectivity index (χ0n) is 16.5. The third-order valence-corrected chi connectivity index (χ3v) is 8.00. The van der Waals surface area contributed by atoms with Gasteiger partial charge in [-0.1, -0.05) is 42.3 Å². The van der Waals surface area contributed by atoms with Crippen molar-refractivity contribution < 1.29 is 12.8 Å². The topological polar surface area (TPSA) is 51.1 Å². The lowest BCUT2D eigenvalue weighted by molar-refractivity contribution is 0.366. The lowest BCUT2D eigenvalue weighted by Crippen LogP contribution is -2.37. The number of nitrogens with one attached hydrogen (secondary N) is 1. The second-order valence-electron chi connectivity index (χ2n) is 7.71. The summed E-state index contributed by atoms with van der Waals surface area (Å²) in [6, 6.07) is 11.0. The van der Waals surface area contributed by atoms with Gasteiger partial charge >= 0.3 is 0 Å².